The summed E-state index contributed by atoms with van der Waals surface area (Å²) in [5.41, 5.74) is -2.13. The van der Waals surface area contributed by atoms with Crippen molar-refractivity contribution in [2.75, 3.05) is 13.2 Å². The number of hydrogen-bond donors (Lipinski definition) is 1. The first kappa shape index (κ1) is 16.3. The molecular formula is C15H13F6NO. The van der Waals surface area contributed by atoms with Crippen LogP contribution in [0.2, 0.25) is 0 Å². The summed E-state index contributed by atoms with van der Waals surface area (Å²) in [6.45, 7) is 0.740. The van der Waals surface area contributed by atoms with Gasteiger partial charge in [0, 0.05) is 12.1 Å². The third-order valence-electron chi connectivity index (χ3n) is 3.89. The van der Waals surface area contributed by atoms with Crippen LogP contribution in [-0.4, -0.2) is 25.3 Å². The molecule has 0 aromatic heterocycles. The third kappa shape index (κ3) is 3.53. The fraction of sp³-hybridized carbons (Fsp3) is 0.467. The van der Waals surface area contributed by atoms with Gasteiger partial charge in [-0.15, -0.1) is 0 Å². The van der Waals surface area contributed by atoms with Gasteiger partial charge in [-0.2, -0.15) is 26.3 Å². The van der Waals surface area contributed by atoms with E-state index in [9.17, 15) is 26.3 Å². The minimum Gasteiger partial charge on any atom is -0.378 e. The third-order valence-corrected chi connectivity index (χ3v) is 3.89. The first-order chi connectivity index (χ1) is 10.6. The SMILES string of the molecule is FC(F)(F)c1cc(C2=CC3COCC(C2)N3)cc(C(F)(F)F)c1. The van der Waals surface area contributed by atoms with E-state index in [1.807, 2.05) is 0 Å². The van der Waals surface area contributed by atoms with Crippen molar-refractivity contribution >= 4 is 5.57 Å². The number of alkyl halides is 6. The summed E-state index contributed by atoms with van der Waals surface area (Å²) in [4.78, 5) is 0. The number of fused-ring (bicyclic) bond motifs is 2. The van der Waals surface area contributed by atoms with Crippen molar-refractivity contribution < 1.29 is 31.1 Å². The molecule has 2 bridgehead atoms. The van der Waals surface area contributed by atoms with Gasteiger partial charge in [0.15, 0.2) is 0 Å². The fourth-order valence-electron chi connectivity index (χ4n) is 2.88. The molecule has 0 saturated carbocycles. The average molecular weight is 337 g/mol. The maximum Gasteiger partial charge on any atom is 0.416 e. The summed E-state index contributed by atoms with van der Waals surface area (Å²) in [5, 5.41) is 3.20. The number of rotatable bonds is 1. The molecule has 1 fully saturated rings. The van der Waals surface area contributed by atoms with Crippen molar-refractivity contribution in [2.24, 2.45) is 0 Å². The lowest BCUT2D eigenvalue weighted by atomic mass is 9.90. The molecule has 2 unspecified atom stereocenters. The van der Waals surface area contributed by atoms with Gasteiger partial charge in [0.2, 0.25) is 0 Å². The lowest BCUT2D eigenvalue weighted by molar-refractivity contribution is -0.143. The molecule has 1 N–H and O–H groups in total. The minimum atomic E-state index is -4.83. The number of benzene rings is 1. The molecule has 0 radical (unpaired) electrons. The zero-order valence-electron chi connectivity index (χ0n) is 11.8. The Balaban J connectivity index is 2.06. The number of hydrogen-bond acceptors (Lipinski definition) is 2. The normalized spacial score (nSPS) is 25.2. The Bertz CT molecular complexity index is 602. The molecule has 2 aliphatic heterocycles. The van der Waals surface area contributed by atoms with E-state index in [1.54, 1.807) is 6.08 Å². The van der Waals surface area contributed by atoms with Crippen molar-refractivity contribution in [3.05, 3.63) is 41.0 Å². The predicted octanol–water partition coefficient (Wildman–Crippen LogP) is 3.87. The summed E-state index contributed by atoms with van der Waals surface area (Å²) in [5.74, 6) is 0. The van der Waals surface area contributed by atoms with Crippen LogP contribution in [-0.2, 0) is 17.1 Å². The molecule has 3 rings (SSSR count). The zero-order valence-corrected chi connectivity index (χ0v) is 11.8. The smallest absolute Gasteiger partial charge is 0.378 e. The van der Waals surface area contributed by atoms with Crippen molar-refractivity contribution in [3.63, 3.8) is 0 Å². The van der Waals surface area contributed by atoms with E-state index in [1.165, 1.54) is 0 Å². The quantitative estimate of drug-likeness (QED) is 0.786. The molecule has 1 aromatic rings. The number of nitrogens with one attached hydrogen (secondary N) is 1. The monoisotopic (exact) mass is 337 g/mol. The standard InChI is InChI=1S/C15H13F6NO/c16-14(17,18)10-1-8(2-11(5-10)15(19,20)21)9-3-12-6-23-7-13(4-9)22-12/h1-3,5,12-13,22H,4,6-7H2. The van der Waals surface area contributed by atoms with Gasteiger partial charge in [-0.3, -0.25) is 0 Å². The molecule has 0 aliphatic carbocycles. The van der Waals surface area contributed by atoms with Crippen LogP contribution in [0.3, 0.4) is 0 Å². The minimum absolute atomic E-state index is 0.0365. The Morgan fingerprint density at radius 2 is 1.52 bits per heavy atom. The summed E-state index contributed by atoms with van der Waals surface area (Å²) in [6, 6.07) is 1.42. The van der Waals surface area contributed by atoms with E-state index in [4.69, 9.17) is 4.74 Å². The lowest BCUT2D eigenvalue weighted by Gasteiger charge is -2.35. The fourth-order valence-corrected chi connectivity index (χ4v) is 2.88. The second kappa shape index (κ2) is 5.52. The Labute approximate surface area is 128 Å². The Morgan fingerprint density at radius 1 is 0.913 bits per heavy atom. The Morgan fingerprint density at radius 3 is 2.04 bits per heavy atom. The average Bonchev–Trinajstić information content (AvgIpc) is 2.44. The first-order valence-corrected chi connectivity index (χ1v) is 6.97. The summed E-state index contributed by atoms with van der Waals surface area (Å²) >= 11 is 0. The van der Waals surface area contributed by atoms with Crippen molar-refractivity contribution in [2.45, 2.75) is 30.9 Å². The van der Waals surface area contributed by atoms with Gasteiger partial charge in [-0.1, -0.05) is 6.08 Å². The maximum absolute atomic E-state index is 12.9. The second-order valence-electron chi connectivity index (χ2n) is 5.70. The first-order valence-electron chi connectivity index (χ1n) is 6.97. The number of ether oxygens (including phenoxy) is 1. The Kier molecular flexibility index (Phi) is 3.92. The van der Waals surface area contributed by atoms with E-state index in [-0.39, 0.29) is 23.7 Å². The van der Waals surface area contributed by atoms with Crippen molar-refractivity contribution in [1.82, 2.24) is 5.32 Å². The molecule has 2 nitrogen and oxygen atoms in total. The van der Waals surface area contributed by atoms with Gasteiger partial charge in [0.25, 0.3) is 0 Å². The molecule has 23 heavy (non-hydrogen) atoms. The lowest BCUT2D eigenvalue weighted by Crippen LogP contribution is -2.50. The van der Waals surface area contributed by atoms with Gasteiger partial charge in [-0.25, -0.2) is 0 Å². The Hall–Kier alpha value is -1.54. The van der Waals surface area contributed by atoms with Crippen LogP contribution in [0.4, 0.5) is 26.3 Å². The van der Waals surface area contributed by atoms with Crippen LogP contribution >= 0.6 is 0 Å². The molecule has 0 amide bonds. The second-order valence-corrected chi connectivity index (χ2v) is 5.70. The van der Waals surface area contributed by atoms with E-state index >= 15 is 0 Å². The molecule has 0 spiro atoms. The highest BCUT2D eigenvalue weighted by atomic mass is 19.4. The number of halogens is 6. The molecule has 1 saturated heterocycles. The molecule has 2 heterocycles. The zero-order chi connectivity index (χ0) is 16.8. The highest BCUT2D eigenvalue weighted by Crippen LogP contribution is 2.39. The highest BCUT2D eigenvalue weighted by molar-refractivity contribution is 5.69. The van der Waals surface area contributed by atoms with E-state index in [0.717, 1.165) is 12.1 Å². The van der Waals surface area contributed by atoms with Gasteiger partial charge >= 0.3 is 12.4 Å². The van der Waals surface area contributed by atoms with Crippen LogP contribution in [0.5, 0.6) is 0 Å². The van der Waals surface area contributed by atoms with Crippen LogP contribution in [0.1, 0.15) is 23.1 Å². The van der Waals surface area contributed by atoms with E-state index in [2.05, 4.69) is 5.32 Å². The van der Waals surface area contributed by atoms with Crippen LogP contribution in [0, 0.1) is 0 Å². The van der Waals surface area contributed by atoms with Gasteiger partial charge in [-0.05, 0) is 35.8 Å². The topological polar surface area (TPSA) is 21.3 Å². The van der Waals surface area contributed by atoms with Gasteiger partial charge in [0.05, 0.1) is 24.3 Å². The summed E-state index contributed by atoms with van der Waals surface area (Å²) in [6.07, 6.45) is -7.69. The maximum atomic E-state index is 12.9. The van der Waals surface area contributed by atoms with Crippen LogP contribution in [0.15, 0.2) is 24.3 Å². The molecule has 8 heteroatoms. The predicted molar refractivity (Wildman–Crippen MR) is 70.6 cm³/mol. The number of morpholine rings is 1. The van der Waals surface area contributed by atoms with Crippen molar-refractivity contribution in [3.8, 4) is 0 Å². The largest absolute Gasteiger partial charge is 0.416 e. The summed E-state index contributed by atoms with van der Waals surface area (Å²) in [7, 11) is 0. The van der Waals surface area contributed by atoms with Crippen LogP contribution in [0.25, 0.3) is 5.57 Å². The molecule has 2 atom stereocenters. The van der Waals surface area contributed by atoms with Crippen LogP contribution < -0.4 is 5.32 Å². The molecule has 1 aromatic carbocycles. The molecule has 126 valence electrons. The molecular weight excluding hydrogens is 324 g/mol. The molecule has 2 aliphatic rings. The van der Waals surface area contributed by atoms with Gasteiger partial charge < -0.3 is 10.1 Å². The van der Waals surface area contributed by atoms with Crippen molar-refractivity contribution in [1.29, 1.82) is 0 Å². The summed E-state index contributed by atoms with van der Waals surface area (Å²) < 4.78 is 82.8. The van der Waals surface area contributed by atoms with E-state index in [0.29, 0.717) is 25.2 Å². The van der Waals surface area contributed by atoms with E-state index < -0.39 is 23.5 Å². The highest BCUT2D eigenvalue weighted by Gasteiger charge is 2.37. The van der Waals surface area contributed by atoms with Gasteiger partial charge in [0.1, 0.15) is 0 Å².